The van der Waals surface area contributed by atoms with Crippen LogP contribution in [0, 0.1) is 5.92 Å². The van der Waals surface area contributed by atoms with E-state index in [4.69, 9.17) is 4.74 Å². The second-order valence-corrected chi connectivity index (χ2v) is 5.27. The monoisotopic (exact) mass is 276 g/mol. The number of rotatable bonds is 5. The molecule has 0 aliphatic rings. The minimum atomic E-state index is 0.00695. The lowest BCUT2D eigenvalue weighted by atomic mass is 10.2. The van der Waals surface area contributed by atoms with Crippen molar-refractivity contribution in [3.63, 3.8) is 0 Å². The van der Waals surface area contributed by atoms with Gasteiger partial charge >= 0.3 is 0 Å². The molecule has 0 aliphatic carbocycles. The molecule has 0 atom stereocenters. The Morgan fingerprint density at radius 1 is 1.37 bits per heavy atom. The molecule has 0 fully saturated rings. The summed E-state index contributed by atoms with van der Waals surface area (Å²) in [5, 5.41) is 5.37. The topological polar surface area (TPSA) is 51.2 Å². The summed E-state index contributed by atoms with van der Waals surface area (Å²) >= 11 is 1.45. The highest BCUT2D eigenvalue weighted by Gasteiger charge is 2.06. The van der Waals surface area contributed by atoms with Gasteiger partial charge in [-0.05, 0) is 17.7 Å². The van der Waals surface area contributed by atoms with Crippen molar-refractivity contribution in [2.24, 2.45) is 5.92 Å². The van der Waals surface area contributed by atoms with Gasteiger partial charge in [0.05, 0.1) is 0 Å². The van der Waals surface area contributed by atoms with E-state index in [9.17, 15) is 4.79 Å². The zero-order valence-corrected chi connectivity index (χ0v) is 11.7. The molecule has 0 spiro atoms. The standard InChI is InChI=1S/C14H16N2O2S/c1-10(2)13(17)16-9-11-3-5-12(6-4-11)18-14-15-7-8-19-14/h3-8,10H,9H2,1-2H3,(H,16,17). The summed E-state index contributed by atoms with van der Waals surface area (Å²) < 4.78 is 5.56. The second-order valence-electron chi connectivity index (χ2n) is 4.42. The molecule has 19 heavy (non-hydrogen) atoms. The number of nitrogens with one attached hydrogen (secondary N) is 1. The molecular formula is C14H16N2O2S. The van der Waals surface area contributed by atoms with Crippen LogP contribution in [-0.4, -0.2) is 10.9 Å². The van der Waals surface area contributed by atoms with Crippen molar-refractivity contribution in [3.05, 3.63) is 41.4 Å². The number of benzene rings is 1. The first kappa shape index (κ1) is 13.5. The van der Waals surface area contributed by atoms with E-state index >= 15 is 0 Å². The molecule has 2 aromatic rings. The molecule has 1 aromatic heterocycles. The van der Waals surface area contributed by atoms with E-state index < -0.39 is 0 Å². The molecule has 0 saturated carbocycles. The van der Waals surface area contributed by atoms with Crippen molar-refractivity contribution >= 4 is 17.2 Å². The Kier molecular flexibility index (Phi) is 4.52. The van der Waals surface area contributed by atoms with Crippen LogP contribution in [0.15, 0.2) is 35.8 Å². The summed E-state index contributed by atoms with van der Waals surface area (Å²) in [7, 11) is 0. The number of aromatic nitrogens is 1. The van der Waals surface area contributed by atoms with Gasteiger partial charge < -0.3 is 10.1 Å². The summed E-state index contributed by atoms with van der Waals surface area (Å²) in [5.41, 5.74) is 1.04. The van der Waals surface area contributed by atoms with Crippen LogP contribution in [0.1, 0.15) is 19.4 Å². The molecule has 5 heteroatoms. The van der Waals surface area contributed by atoms with Crippen LogP contribution in [0.2, 0.25) is 0 Å². The van der Waals surface area contributed by atoms with Gasteiger partial charge in [0.1, 0.15) is 5.75 Å². The number of hydrogen-bond donors (Lipinski definition) is 1. The van der Waals surface area contributed by atoms with E-state index in [2.05, 4.69) is 10.3 Å². The number of nitrogens with zero attached hydrogens (tertiary/aromatic N) is 1. The molecule has 0 bridgehead atoms. The summed E-state index contributed by atoms with van der Waals surface area (Å²) in [6.45, 7) is 4.29. The Balaban J connectivity index is 1.89. The van der Waals surface area contributed by atoms with Crippen LogP contribution in [0.5, 0.6) is 10.9 Å². The van der Waals surface area contributed by atoms with Crippen molar-refractivity contribution in [3.8, 4) is 10.9 Å². The van der Waals surface area contributed by atoms with E-state index in [0.717, 1.165) is 11.3 Å². The number of carbonyl (C=O) groups is 1. The predicted molar refractivity (Wildman–Crippen MR) is 75.3 cm³/mol. The first-order valence-electron chi connectivity index (χ1n) is 6.09. The van der Waals surface area contributed by atoms with Gasteiger partial charge in [-0.25, -0.2) is 4.98 Å². The Bertz CT molecular complexity index is 521. The van der Waals surface area contributed by atoms with Gasteiger partial charge in [-0.3, -0.25) is 4.79 Å². The fourth-order valence-corrected chi connectivity index (χ4v) is 1.93. The van der Waals surface area contributed by atoms with Crippen molar-refractivity contribution in [2.75, 3.05) is 0 Å². The minimum Gasteiger partial charge on any atom is -0.431 e. The van der Waals surface area contributed by atoms with Crippen LogP contribution in [0.25, 0.3) is 0 Å². The summed E-state index contributed by atoms with van der Waals surface area (Å²) in [6, 6.07) is 7.61. The molecule has 0 saturated heterocycles. The van der Waals surface area contributed by atoms with Gasteiger partial charge in [-0.2, -0.15) is 0 Å². The third kappa shape index (κ3) is 4.06. The zero-order valence-electron chi connectivity index (χ0n) is 10.9. The Labute approximate surface area is 116 Å². The van der Waals surface area contributed by atoms with Crippen LogP contribution in [0.4, 0.5) is 0 Å². The second kappa shape index (κ2) is 6.33. The number of hydrogen-bond acceptors (Lipinski definition) is 4. The lowest BCUT2D eigenvalue weighted by Crippen LogP contribution is -2.26. The molecule has 2 rings (SSSR count). The van der Waals surface area contributed by atoms with Gasteiger partial charge in [-0.1, -0.05) is 37.3 Å². The number of amides is 1. The largest absolute Gasteiger partial charge is 0.431 e. The van der Waals surface area contributed by atoms with E-state index in [1.807, 2.05) is 43.5 Å². The average Bonchev–Trinajstić information content (AvgIpc) is 2.90. The molecule has 0 radical (unpaired) electrons. The van der Waals surface area contributed by atoms with E-state index in [1.165, 1.54) is 11.3 Å². The molecule has 100 valence electrons. The number of ether oxygens (including phenoxy) is 1. The maximum Gasteiger partial charge on any atom is 0.278 e. The zero-order chi connectivity index (χ0) is 13.7. The van der Waals surface area contributed by atoms with Crippen LogP contribution in [0.3, 0.4) is 0 Å². The Morgan fingerprint density at radius 3 is 2.68 bits per heavy atom. The molecule has 1 N–H and O–H groups in total. The van der Waals surface area contributed by atoms with Gasteiger partial charge in [-0.15, -0.1) is 0 Å². The number of carbonyl (C=O) groups excluding carboxylic acids is 1. The van der Waals surface area contributed by atoms with E-state index in [-0.39, 0.29) is 11.8 Å². The van der Waals surface area contributed by atoms with Gasteiger partial charge in [0.25, 0.3) is 5.19 Å². The van der Waals surface area contributed by atoms with Crippen molar-refractivity contribution in [1.82, 2.24) is 10.3 Å². The minimum absolute atomic E-state index is 0.00695. The first-order valence-corrected chi connectivity index (χ1v) is 6.97. The Hall–Kier alpha value is -1.88. The third-order valence-corrected chi connectivity index (χ3v) is 3.18. The fraction of sp³-hybridized carbons (Fsp3) is 0.286. The van der Waals surface area contributed by atoms with Crippen molar-refractivity contribution in [2.45, 2.75) is 20.4 Å². The lowest BCUT2D eigenvalue weighted by molar-refractivity contribution is -0.124. The van der Waals surface area contributed by atoms with Gasteiger partial charge in [0, 0.05) is 24.0 Å². The SMILES string of the molecule is CC(C)C(=O)NCc1ccc(Oc2nccs2)cc1. The number of thiazole rings is 1. The highest BCUT2D eigenvalue weighted by molar-refractivity contribution is 7.11. The van der Waals surface area contributed by atoms with Gasteiger partial charge in [0.15, 0.2) is 0 Å². The summed E-state index contributed by atoms with van der Waals surface area (Å²) in [5.74, 6) is 0.810. The van der Waals surface area contributed by atoms with E-state index in [0.29, 0.717) is 11.7 Å². The summed E-state index contributed by atoms with van der Waals surface area (Å²) in [4.78, 5) is 15.5. The molecule has 0 unspecified atom stereocenters. The van der Waals surface area contributed by atoms with Crippen LogP contribution >= 0.6 is 11.3 Å². The average molecular weight is 276 g/mol. The van der Waals surface area contributed by atoms with Crippen molar-refractivity contribution < 1.29 is 9.53 Å². The normalized spacial score (nSPS) is 10.5. The lowest BCUT2D eigenvalue weighted by Gasteiger charge is -2.08. The molecule has 1 heterocycles. The van der Waals surface area contributed by atoms with Crippen LogP contribution < -0.4 is 10.1 Å². The first-order chi connectivity index (χ1) is 9.15. The predicted octanol–water partition coefficient (Wildman–Crippen LogP) is 3.21. The molecule has 1 aromatic carbocycles. The molecule has 4 nitrogen and oxygen atoms in total. The highest BCUT2D eigenvalue weighted by atomic mass is 32.1. The highest BCUT2D eigenvalue weighted by Crippen LogP contribution is 2.23. The molecular weight excluding hydrogens is 260 g/mol. The Morgan fingerprint density at radius 2 is 2.11 bits per heavy atom. The quantitative estimate of drug-likeness (QED) is 0.912. The maximum atomic E-state index is 11.5. The van der Waals surface area contributed by atoms with Crippen molar-refractivity contribution in [1.29, 1.82) is 0 Å². The van der Waals surface area contributed by atoms with E-state index in [1.54, 1.807) is 6.20 Å². The van der Waals surface area contributed by atoms with Crippen LogP contribution in [-0.2, 0) is 11.3 Å². The third-order valence-electron chi connectivity index (χ3n) is 2.53. The summed E-state index contributed by atoms with van der Waals surface area (Å²) in [6.07, 6.45) is 1.70. The fourth-order valence-electron chi connectivity index (χ4n) is 1.43. The maximum absolute atomic E-state index is 11.5. The molecule has 0 aliphatic heterocycles. The smallest absolute Gasteiger partial charge is 0.278 e. The molecule has 1 amide bonds. The van der Waals surface area contributed by atoms with Gasteiger partial charge in [0.2, 0.25) is 5.91 Å².